The second-order valence-electron chi connectivity index (χ2n) is 6.55. The Morgan fingerprint density at radius 2 is 1.93 bits per heavy atom. The number of hydrogen-bond donors (Lipinski definition) is 2. The van der Waals surface area contributed by atoms with Crippen LogP contribution in [0.25, 0.3) is 0 Å². The summed E-state index contributed by atoms with van der Waals surface area (Å²) in [5, 5.41) is 14.5. The van der Waals surface area contributed by atoms with E-state index in [9.17, 15) is 9.59 Å². The lowest BCUT2D eigenvalue weighted by Gasteiger charge is -2.09. The summed E-state index contributed by atoms with van der Waals surface area (Å²) < 4.78 is 6.97. The van der Waals surface area contributed by atoms with Crippen molar-refractivity contribution in [3.8, 4) is 5.75 Å². The lowest BCUT2D eigenvalue weighted by atomic mass is 10.2. The van der Waals surface area contributed by atoms with Gasteiger partial charge in [0.2, 0.25) is 5.91 Å². The molecular weight excluding hydrogens is 402 g/mol. The fourth-order valence-corrected chi connectivity index (χ4v) is 3.49. The van der Waals surface area contributed by atoms with Gasteiger partial charge in [-0.1, -0.05) is 36.0 Å². The second kappa shape index (κ2) is 9.93. The van der Waals surface area contributed by atoms with Crippen molar-refractivity contribution in [3.05, 3.63) is 65.5 Å². The number of rotatable bonds is 8. The number of nitrogens with one attached hydrogen (secondary N) is 2. The average molecular weight is 426 g/mol. The highest BCUT2D eigenvalue weighted by Crippen LogP contribution is 2.18. The molecule has 2 aromatic carbocycles. The first kappa shape index (κ1) is 21.4. The highest BCUT2D eigenvalue weighted by atomic mass is 32.2. The van der Waals surface area contributed by atoms with Crippen molar-refractivity contribution in [2.75, 3.05) is 18.2 Å². The molecule has 0 saturated carbocycles. The van der Waals surface area contributed by atoms with Gasteiger partial charge >= 0.3 is 0 Å². The van der Waals surface area contributed by atoms with Crippen molar-refractivity contribution in [2.24, 2.45) is 7.05 Å². The Bertz CT molecular complexity index is 1050. The van der Waals surface area contributed by atoms with Crippen LogP contribution in [0.2, 0.25) is 0 Å². The number of thioether (sulfide) groups is 1. The maximum absolute atomic E-state index is 12.4. The van der Waals surface area contributed by atoms with Gasteiger partial charge in [0.25, 0.3) is 5.91 Å². The topological polar surface area (TPSA) is 98.1 Å². The van der Waals surface area contributed by atoms with E-state index in [1.54, 1.807) is 35.9 Å². The van der Waals surface area contributed by atoms with E-state index >= 15 is 0 Å². The monoisotopic (exact) mass is 425 g/mol. The molecule has 2 N–H and O–H groups in total. The quantitative estimate of drug-likeness (QED) is 0.539. The lowest BCUT2D eigenvalue weighted by molar-refractivity contribution is -0.113. The Kier molecular flexibility index (Phi) is 7.08. The maximum atomic E-state index is 12.4. The predicted molar refractivity (Wildman–Crippen MR) is 116 cm³/mol. The van der Waals surface area contributed by atoms with Crippen LogP contribution in [0.3, 0.4) is 0 Å². The molecule has 3 rings (SSSR count). The molecule has 0 aliphatic rings. The number of carbonyl (C=O) groups is 2. The van der Waals surface area contributed by atoms with Gasteiger partial charge in [0.15, 0.2) is 11.0 Å². The highest BCUT2D eigenvalue weighted by molar-refractivity contribution is 7.99. The largest absolute Gasteiger partial charge is 0.496 e. The third-order valence-electron chi connectivity index (χ3n) is 4.32. The maximum Gasteiger partial charge on any atom is 0.255 e. The van der Waals surface area contributed by atoms with Crippen molar-refractivity contribution < 1.29 is 14.3 Å². The van der Waals surface area contributed by atoms with E-state index in [1.165, 1.54) is 18.9 Å². The summed E-state index contributed by atoms with van der Waals surface area (Å²) in [4.78, 5) is 24.6. The number of benzene rings is 2. The third kappa shape index (κ3) is 5.38. The van der Waals surface area contributed by atoms with Crippen LogP contribution in [0.1, 0.15) is 21.7 Å². The molecule has 0 unspecified atom stereocenters. The molecule has 156 valence electrons. The zero-order valence-electron chi connectivity index (χ0n) is 17.0. The fraction of sp³-hybridized carbons (Fsp3) is 0.238. The molecule has 8 nitrogen and oxygen atoms in total. The second-order valence-corrected chi connectivity index (χ2v) is 7.49. The van der Waals surface area contributed by atoms with Crippen molar-refractivity contribution in [1.82, 2.24) is 20.1 Å². The van der Waals surface area contributed by atoms with Crippen molar-refractivity contribution in [1.29, 1.82) is 0 Å². The van der Waals surface area contributed by atoms with E-state index < -0.39 is 0 Å². The van der Waals surface area contributed by atoms with Gasteiger partial charge in [0.1, 0.15) is 5.75 Å². The molecule has 30 heavy (non-hydrogen) atoms. The van der Waals surface area contributed by atoms with Crippen molar-refractivity contribution in [2.45, 2.75) is 18.6 Å². The molecule has 0 bridgehead atoms. The van der Waals surface area contributed by atoms with Crippen LogP contribution in [-0.4, -0.2) is 39.4 Å². The molecule has 0 aliphatic carbocycles. The highest BCUT2D eigenvalue weighted by Gasteiger charge is 2.15. The average Bonchev–Trinajstić information content (AvgIpc) is 3.10. The summed E-state index contributed by atoms with van der Waals surface area (Å²) in [5.74, 6) is 0.901. The predicted octanol–water partition coefficient (Wildman–Crippen LogP) is 2.79. The van der Waals surface area contributed by atoms with Gasteiger partial charge in [-0.2, -0.15) is 0 Å². The van der Waals surface area contributed by atoms with Crippen LogP contribution in [0.5, 0.6) is 5.75 Å². The van der Waals surface area contributed by atoms with Crippen LogP contribution in [-0.2, 0) is 18.4 Å². The van der Waals surface area contributed by atoms with Gasteiger partial charge < -0.3 is 19.9 Å². The standard InChI is InChI=1S/C21H23N5O3S/c1-14-7-6-8-15(11-14)23-19(27)13-30-21-25-24-18(26(21)2)12-22-20(28)16-9-4-5-10-17(16)29-3/h4-11H,12-13H2,1-3H3,(H,22,28)(H,23,27). The van der Waals surface area contributed by atoms with E-state index in [-0.39, 0.29) is 24.1 Å². The Morgan fingerprint density at radius 1 is 1.13 bits per heavy atom. The number of methoxy groups -OCH3 is 1. The van der Waals surface area contributed by atoms with E-state index in [1.807, 2.05) is 31.2 Å². The minimum absolute atomic E-state index is 0.125. The number of carbonyl (C=O) groups excluding carboxylic acids is 2. The summed E-state index contributed by atoms with van der Waals surface area (Å²) >= 11 is 1.28. The zero-order chi connectivity index (χ0) is 21.5. The lowest BCUT2D eigenvalue weighted by Crippen LogP contribution is -2.25. The smallest absolute Gasteiger partial charge is 0.255 e. The number of ether oxygens (including phenoxy) is 1. The number of para-hydroxylation sites is 1. The van der Waals surface area contributed by atoms with E-state index in [2.05, 4.69) is 20.8 Å². The van der Waals surface area contributed by atoms with Gasteiger partial charge in [-0.3, -0.25) is 9.59 Å². The Hall–Kier alpha value is -3.33. The number of aromatic nitrogens is 3. The normalized spacial score (nSPS) is 10.5. The van der Waals surface area contributed by atoms with Gasteiger partial charge in [-0.05, 0) is 36.8 Å². The molecule has 0 radical (unpaired) electrons. The molecule has 2 amide bonds. The first-order valence-corrected chi connectivity index (χ1v) is 10.3. The van der Waals surface area contributed by atoms with Gasteiger partial charge in [0, 0.05) is 12.7 Å². The molecule has 3 aromatic rings. The Balaban J connectivity index is 1.54. The summed E-state index contributed by atoms with van der Waals surface area (Å²) in [6, 6.07) is 14.6. The molecule has 1 aromatic heterocycles. The van der Waals surface area contributed by atoms with Crippen LogP contribution >= 0.6 is 11.8 Å². The first-order chi connectivity index (χ1) is 14.5. The van der Waals surface area contributed by atoms with Crippen molar-refractivity contribution >= 4 is 29.3 Å². The minimum atomic E-state index is -0.262. The van der Waals surface area contributed by atoms with Crippen LogP contribution in [0.15, 0.2) is 53.7 Å². The first-order valence-electron chi connectivity index (χ1n) is 9.26. The number of nitrogens with zero attached hydrogens (tertiary/aromatic N) is 3. The Morgan fingerprint density at radius 3 is 2.70 bits per heavy atom. The number of hydrogen-bond acceptors (Lipinski definition) is 6. The van der Waals surface area contributed by atoms with E-state index in [0.717, 1.165) is 11.3 Å². The summed E-state index contributed by atoms with van der Waals surface area (Å²) in [5.41, 5.74) is 2.29. The summed E-state index contributed by atoms with van der Waals surface area (Å²) in [6.45, 7) is 2.18. The molecule has 0 spiro atoms. The number of aryl methyl sites for hydroxylation is 1. The fourth-order valence-electron chi connectivity index (χ4n) is 2.76. The summed E-state index contributed by atoms with van der Waals surface area (Å²) in [7, 11) is 3.32. The molecular formula is C21H23N5O3S. The Labute approximate surface area is 179 Å². The van der Waals surface area contributed by atoms with E-state index in [0.29, 0.717) is 22.3 Å². The van der Waals surface area contributed by atoms with Gasteiger partial charge in [-0.15, -0.1) is 10.2 Å². The SMILES string of the molecule is COc1ccccc1C(=O)NCc1nnc(SCC(=O)Nc2cccc(C)c2)n1C. The van der Waals surface area contributed by atoms with Crippen LogP contribution in [0.4, 0.5) is 5.69 Å². The molecule has 1 heterocycles. The minimum Gasteiger partial charge on any atom is -0.496 e. The molecule has 0 fully saturated rings. The van der Waals surface area contributed by atoms with Crippen LogP contribution < -0.4 is 15.4 Å². The van der Waals surface area contributed by atoms with Gasteiger partial charge in [0.05, 0.1) is 25.0 Å². The van der Waals surface area contributed by atoms with E-state index in [4.69, 9.17) is 4.74 Å². The summed E-state index contributed by atoms with van der Waals surface area (Å²) in [6.07, 6.45) is 0. The van der Waals surface area contributed by atoms with Gasteiger partial charge in [-0.25, -0.2) is 0 Å². The van der Waals surface area contributed by atoms with Crippen molar-refractivity contribution in [3.63, 3.8) is 0 Å². The molecule has 0 atom stereocenters. The zero-order valence-corrected chi connectivity index (χ0v) is 17.8. The molecule has 9 heteroatoms. The third-order valence-corrected chi connectivity index (χ3v) is 5.34. The molecule has 0 aliphatic heterocycles. The molecule has 0 saturated heterocycles. The number of anilines is 1. The van der Waals surface area contributed by atoms with Crippen LogP contribution in [0, 0.1) is 6.92 Å². The number of amides is 2.